The standard InChI is InChI=1S/C40H25N3.C36H23N3.C30H19N3/c1-2-10-26(11-3-1)30-20-19-28-22-23-37-38(34(28)25-30)33-15-7-9-17-36(33)43(37)40-41-35-16-8-6-14-32(35)39(42-40)31-21-18-27-12-4-5-13-29(27)24-31;1-3-11-24(12-4-1)27-20-19-25-21-22-33-34(30(25)23-27)29-16-8-10-18-32(29)39(33)36-37-31-17-9-7-15-28(31)35(38-36)26-13-5-2-6-14-26;1-2-8-20(9-3-1)22-15-14-21-16-17-28-29(25(21)18-22)24-11-5-7-13-27(24)33(28)30-31-19-23-10-4-6-12-26(23)32-30/h1-25H;1-23H;1-19H. The fourth-order valence-electron chi connectivity index (χ4n) is 17.2. The molecule has 0 amide bonds. The van der Waals surface area contributed by atoms with Crippen LogP contribution < -0.4 is 0 Å². The number of rotatable bonds is 8. The van der Waals surface area contributed by atoms with E-state index >= 15 is 0 Å². The first-order valence-electron chi connectivity index (χ1n) is 38.9. The third-order valence-corrected chi connectivity index (χ3v) is 22.6. The summed E-state index contributed by atoms with van der Waals surface area (Å²) in [6.45, 7) is 0. The lowest BCUT2D eigenvalue weighted by Crippen LogP contribution is -2.03. The fourth-order valence-corrected chi connectivity index (χ4v) is 17.2. The Balaban J connectivity index is 0.000000106. The molecule has 0 aliphatic carbocycles. The predicted molar refractivity (Wildman–Crippen MR) is 479 cm³/mol. The highest BCUT2D eigenvalue weighted by Crippen LogP contribution is 2.44. The second-order valence-corrected chi connectivity index (χ2v) is 29.3. The van der Waals surface area contributed by atoms with Crippen LogP contribution >= 0.6 is 0 Å². The normalized spacial score (nSPS) is 11.7. The molecule has 0 aliphatic heterocycles. The lowest BCUT2D eigenvalue weighted by Gasteiger charge is -2.12. The molecule has 0 spiro atoms. The number of hydrogen-bond donors (Lipinski definition) is 0. The van der Waals surface area contributed by atoms with Crippen LogP contribution in [-0.4, -0.2) is 43.6 Å². The molecule has 24 aromatic rings. The number of fused-ring (bicyclic) bond motifs is 19. The Morgan fingerprint density at radius 3 is 0.922 bits per heavy atom. The first-order chi connectivity index (χ1) is 57.0. The van der Waals surface area contributed by atoms with Gasteiger partial charge in [0, 0.05) is 65.8 Å². The minimum absolute atomic E-state index is 0.673. The summed E-state index contributed by atoms with van der Waals surface area (Å²) < 4.78 is 6.64. The molecule has 0 N–H and O–H groups in total. The zero-order valence-corrected chi connectivity index (χ0v) is 62.2. The Labute approximate surface area is 660 Å². The number of aromatic nitrogens is 9. The Hall–Kier alpha value is -15.6. The lowest BCUT2D eigenvalue weighted by atomic mass is 9.98. The van der Waals surface area contributed by atoms with Crippen LogP contribution in [0, 0.1) is 0 Å². The van der Waals surface area contributed by atoms with Crippen LogP contribution in [0.25, 0.3) is 215 Å². The van der Waals surface area contributed by atoms with Crippen molar-refractivity contribution in [1.82, 2.24) is 43.6 Å². The van der Waals surface area contributed by atoms with Gasteiger partial charge in [-0.25, -0.2) is 29.9 Å². The Bertz CT molecular complexity index is 7970. The summed E-state index contributed by atoms with van der Waals surface area (Å²) in [6, 6.07) is 141. The summed E-state index contributed by atoms with van der Waals surface area (Å²) in [5.74, 6) is 2.04. The molecular formula is C106H67N9. The molecule has 115 heavy (non-hydrogen) atoms. The van der Waals surface area contributed by atoms with E-state index < -0.39 is 0 Å². The number of hydrogen-bond acceptors (Lipinski definition) is 6. The SMILES string of the molecule is c1ccc(-c2ccc3ccc4c(c3c2)c2ccccc2n4-c2nc(-c3ccc4ccccc4c3)c3ccccc3n2)cc1.c1ccc(-c2ccc3ccc4c(c3c2)c2ccccc2n4-c2nc(-c3ccccc3)c3ccccc3n2)cc1.c1ccc(-c2ccc3ccc4c(c3c2)c2ccccc2n4-c2ncc3ccccc3n2)cc1. The van der Waals surface area contributed by atoms with Crippen molar-refractivity contribution in [2.75, 3.05) is 0 Å². The molecule has 0 saturated heterocycles. The quantitative estimate of drug-likeness (QED) is 0.150. The van der Waals surface area contributed by atoms with Crippen molar-refractivity contribution < 1.29 is 0 Å². The Kier molecular flexibility index (Phi) is 16.0. The summed E-state index contributed by atoms with van der Waals surface area (Å²) in [5, 5.41) is 20.2. The maximum atomic E-state index is 5.32. The monoisotopic (exact) mass is 1470 g/mol. The van der Waals surface area contributed by atoms with E-state index in [0.29, 0.717) is 17.8 Å². The van der Waals surface area contributed by atoms with Crippen LogP contribution in [0.3, 0.4) is 0 Å². The number of para-hydroxylation sites is 6. The third kappa shape index (κ3) is 11.6. The second-order valence-electron chi connectivity index (χ2n) is 29.3. The summed E-state index contributed by atoms with van der Waals surface area (Å²) in [6.07, 6.45) is 1.91. The average Bonchev–Trinajstić information content (AvgIpc) is 1.58. The zero-order valence-electron chi connectivity index (χ0n) is 62.2. The predicted octanol–water partition coefficient (Wildman–Crippen LogP) is 27.1. The van der Waals surface area contributed by atoms with E-state index in [2.05, 4.69) is 372 Å². The van der Waals surface area contributed by atoms with E-state index in [4.69, 9.17) is 29.9 Å². The van der Waals surface area contributed by atoms with Gasteiger partial charge >= 0.3 is 0 Å². The molecule has 24 rings (SSSR count). The Morgan fingerprint density at radius 2 is 0.478 bits per heavy atom. The second kappa shape index (κ2) is 27.8. The van der Waals surface area contributed by atoms with E-state index in [9.17, 15) is 0 Å². The van der Waals surface area contributed by atoms with Crippen molar-refractivity contribution in [2.45, 2.75) is 0 Å². The van der Waals surface area contributed by atoms with Crippen molar-refractivity contribution in [3.8, 4) is 73.7 Å². The molecule has 536 valence electrons. The van der Waals surface area contributed by atoms with Crippen molar-refractivity contribution >= 4 is 141 Å². The summed E-state index contributed by atoms with van der Waals surface area (Å²) >= 11 is 0. The molecule has 0 atom stereocenters. The van der Waals surface area contributed by atoms with Gasteiger partial charge in [-0.2, -0.15) is 0 Å². The maximum Gasteiger partial charge on any atom is 0.235 e. The third-order valence-electron chi connectivity index (χ3n) is 22.6. The van der Waals surface area contributed by atoms with Crippen LogP contribution in [0.15, 0.2) is 407 Å². The van der Waals surface area contributed by atoms with Gasteiger partial charge in [0.05, 0.1) is 61.0 Å². The van der Waals surface area contributed by atoms with E-state index in [0.717, 1.165) is 88.3 Å². The van der Waals surface area contributed by atoms with Gasteiger partial charge in [-0.05, 0) is 155 Å². The average molecular weight is 1470 g/mol. The topological polar surface area (TPSA) is 92.1 Å². The molecule has 6 heterocycles. The molecule has 0 radical (unpaired) electrons. The van der Waals surface area contributed by atoms with E-state index in [1.54, 1.807) is 0 Å². The molecule has 0 unspecified atom stereocenters. The highest BCUT2D eigenvalue weighted by atomic mass is 15.2. The molecule has 6 aromatic heterocycles. The van der Waals surface area contributed by atoms with Crippen LogP contribution in [0.5, 0.6) is 0 Å². The summed E-state index contributed by atoms with van der Waals surface area (Å²) in [7, 11) is 0. The molecule has 9 nitrogen and oxygen atoms in total. The number of nitrogens with zero attached hydrogens (tertiary/aromatic N) is 9. The van der Waals surface area contributed by atoms with Gasteiger partial charge in [-0.3, -0.25) is 13.7 Å². The van der Waals surface area contributed by atoms with Crippen LogP contribution in [0.4, 0.5) is 0 Å². The fraction of sp³-hybridized carbons (Fsp3) is 0. The van der Waals surface area contributed by atoms with Crippen molar-refractivity contribution in [3.05, 3.63) is 407 Å². The number of benzene rings is 18. The highest BCUT2D eigenvalue weighted by Gasteiger charge is 2.23. The Morgan fingerprint density at radius 1 is 0.165 bits per heavy atom. The van der Waals surface area contributed by atoms with Crippen molar-refractivity contribution in [3.63, 3.8) is 0 Å². The van der Waals surface area contributed by atoms with Gasteiger partial charge in [-0.1, -0.05) is 322 Å². The summed E-state index contributed by atoms with van der Waals surface area (Å²) in [5.41, 5.74) is 20.7. The van der Waals surface area contributed by atoms with E-state index in [1.165, 1.54) is 109 Å². The smallest absolute Gasteiger partial charge is 0.235 e. The van der Waals surface area contributed by atoms with Gasteiger partial charge in [0.1, 0.15) is 0 Å². The van der Waals surface area contributed by atoms with Gasteiger partial charge in [-0.15, -0.1) is 0 Å². The largest absolute Gasteiger partial charge is 0.278 e. The minimum Gasteiger partial charge on any atom is -0.278 e. The zero-order chi connectivity index (χ0) is 75.9. The summed E-state index contributed by atoms with van der Waals surface area (Å²) in [4.78, 5) is 30.5. The molecule has 0 bridgehead atoms. The molecule has 0 saturated carbocycles. The first-order valence-corrected chi connectivity index (χ1v) is 38.9. The lowest BCUT2D eigenvalue weighted by molar-refractivity contribution is 1.01. The molecule has 0 fully saturated rings. The maximum absolute atomic E-state index is 5.32. The molecule has 0 aliphatic rings. The van der Waals surface area contributed by atoms with Gasteiger partial charge in [0.25, 0.3) is 0 Å². The van der Waals surface area contributed by atoms with Crippen molar-refractivity contribution in [1.29, 1.82) is 0 Å². The first kappa shape index (κ1) is 66.4. The van der Waals surface area contributed by atoms with E-state index in [1.807, 2.05) is 48.7 Å². The highest BCUT2D eigenvalue weighted by molar-refractivity contribution is 6.24. The molecule has 18 aromatic carbocycles. The van der Waals surface area contributed by atoms with Gasteiger partial charge in [0.15, 0.2) is 0 Å². The molecule has 9 heteroatoms. The van der Waals surface area contributed by atoms with Crippen molar-refractivity contribution in [2.24, 2.45) is 0 Å². The van der Waals surface area contributed by atoms with Crippen LogP contribution in [0.2, 0.25) is 0 Å². The van der Waals surface area contributed by atoms with Gasteiger partial charge < -0.3 is 0 Å². The van der Waals surface area contributed by atoms with E-state index in [-0.39, 0.29) is 0 Å². The molecular weight excluding hydrogens is 1400 g/mol. The van der Waals surface area contributed by atoms with Crippen LogP contribution in [-0.2, 0) is 0 Å². The van der Waals surface area contributed by atoms with Gasteiger partial charge in [0.2, 0.25) is 17.8 Å². The minimum atomic E-state index is 0.673. The van der Waals surface area contributed by atoms with Crippen LogP contribution in [0.1, 0.15) is 0 Å².